The number of carbonyl (C=O) groups is 2. The molecule has 0 saturated heterocycles. The molecule has 1 fully saturated rings. The normalized spacial score (nSPS) is 27.3. The Bertz CT molecular complexity index is 254. The van der Waals surface area contributed by atoms with Crippen LogP contribution < -0.4 is 5.32 Å². The number of hydrogen-bond donors (Lipinski definition) is 3. The first-order valence-corrected chi connectivity index (χ1v) is 5.21. The Morgan fingerprint density at radius 3 is 2.60 bits per heavy atom. The van der Waals surface area contributed by atoms with Gasteiger partial charge in [-0.15, -0.1) is 0 Å². The van der Waals surface area contributed by atoms with Gasteiger partial charge in [0, 0.05) is 5.92 Å². The summed E-state index contributed by atoms with van der Waals surface area (Å²) in [5.41, 5.74) is 0. The molecule has 1 saturated carbocycles. The first-order valence-electron chi connectivity index (χ1n) is 5.21. The zero-order valence-electron chi connectivity index (χ0n) is 8.77. The average molecular weight is 215 g/mol. The van der Waals surface area contributed by atoms with E-state index in [1.165, 1.54) is 0 Å². The molecule has 0 aliphatic heterocycles. The van der Waals surface area contributed by atoms with Crippen LogP contribution in [0, 0.1) is 11.8 Å². The molecule has 1 aliphatic carbocycles. The molecule has 5 nitrogen and oxygen atoms in total. The molecule has 2 unspecified atom stereocenters. The molecule has 1 rings (SSSR count). The van der Waals surface area contributed by atoms with Crippen molar-refractivity contribution in [2.75, 3.05) is 6.54 Å². The largest absolute Gasteiger partial charge is 0.479 e. The van der Waals surface area contributed by atoms with Gasteiger partial charge in [0.2, 0.25) is 5.91 Å². The third kappa shape index (κ3) is 3.20. The molecule has 0 aromatic heterocycles. The fraction of sp³-hybridized carbons (Fsp3) is 0.800. The van der Waals surface area contributed by atoms with Gasteiger partial charge >= 0.3 is 5.97 Å². The number of aliphatic carboxylic acids is 1. The number of carboxylic acid groups (broad SMARTS) is 1. The number of aliphatic hydroxyl groups excluding tert-OH is 1. The Morgan fingerprint density at radius 2 is 2.13 bits per heavy atom. The van der Waals surface area contributed by atoms with E-state index in [9.17, 15) is 9.59 Å². The summed E-state index contributed by atoms with van der Waals surface area (Å²) in [5.74, 6) is -1.12. The van der Waals surface area contributed by atoms with Crippen molar-refractivity contribution in [1.82, 2.24) is 5.32 Å². The van der Waals surface area contributed by atoms with Crippen LogP contribution in [0.1, 0.15) is 26.2 Å². The van der Waals surface area contributed by atoms with Gasteiger partial charge in [-0.05, 0) is 18.8 Å². The molecule has 3 atom stereocenters. The van der Waals surface area contributed by atoms with Crippen molar-refractivity contribution < 1.29 is 19.8 Å². The molecule has 15 heavy (non-hydrogen) atoms. The van der Waals surface area contributed by atoms with Gasteiger partial charge in [0.15, 0.2) is 6.10 Å². The first kappa shape index (κ1) is 12.0. The van der Waals surface area contributed by atoms with Gasteiger partial charge in [0.25, 0.3) is 0 Å². The standard InChI is InChI=1S/C10H17NO4/c1-6-3-2-4-7(6)9(13)11-5-8(12)10(14)15/h6-8,12H,2-5H2,1H3,(H,11,13)(H,14,15)/t6?,7?,8-/m0/s1. The lowest BCUT2D eigenvalue weighted by Gasteiger charge is -2.15. The Morgan fingerprint density at radius 1 is 1.47 bits per heavy atom. The maximum Gasteiger partial charge on any atom is 0.334 e. The van der Waals surface area contributed by atoms with E-state index >= 15 is 0 Å². The SMILES string of the molecule is CC1CCCC1C(=O)NC[C@H](O)C(=O)O. The van der Waals surface area contributed by atoms with Gasteiger partial charge in [-0.3, -0.25) is 4.79 Å². The van der Waals surface area contributed by atoms with E-state index in [1.54, 1.807) is 0 Å². The van der Waals surface area contributed by atoms with Crippen molar-refractivity contribution in [3.63, 3.8) is 0 Å². The summed E-state index contributed by atoms with van der Waals surface area (Å²) in [6.07, 6.45) is 1.43. The van der Waals surface area contributed by atoms with Crippen molar-refractivity contribution in [2.45, 2.75) is 32.3 Å². The number of nitrogens with one attached hydrogen (secondary N) is 1. The van der Waals surface area contributed by atoms with E-state index in [-0.39, 0.29) is 18.4 Å². The van der Waals surface area contributed by atoms with Crippen molar-refractivity contribution in [2.24, 2.45) is 11.8 Å². The van der Waals surface area contributed by atoms with Crippen LogP contribution in [-0.4, -0.2) is 34.7 Å². The Hall–Kier alpha value is -1.10. The third-order valence-electron chi connectivity index (χ3n) is 2.95. The lowest BCUT2D eigenvalue weighted by atomic mass is 9.97. The van der Waals surface area contributed by atoms with Crippen LogP contribution in [-0.2, 0) is 9.59 Å². The monoisotopic (exact) mass is 215 g/mol. The number of aliphatic hydroxyl groups is 1. The molecule has 0 radical (unpaired) electrons. The summed E-state index contributed by atoms with van der Waals surface area (Å²) in [5, 5.41) is 19.8. The van der Waals surface area contributed by atoms with Gasteiger partial charge < -0.3 is 15.5 Å². The molecule has 0 bridgehead atoms. The van der Waals surface area contributed by atoms with Crippen LogP contribution in [0.25, 0.3) is 0 Å². The second-order valence-corrected chi connectivity index (χ2v) is 4.11. The van der Waals surface area contributed by atoms with E-state index in [0.29, 0.717) is 5.92 Å². The minimum Gasteiger partial charge on any atom is -0.479 e. The molecule has 0 spiro atoms. The first-order chi connectivity index (χ1) is 7.02. The number of amides is 1. The maximum atomic E-state index is 11.6. The zero-order valence-corrected chi connectivity index (χ0v) is 8.77. The van der Waals surface area contributed by atoms with Gasteiger partial charge in [-0.2, -0.15) is 0 Å². The average Bonchev–Trinajstić information content (AvgIpc) is 2.60. The fourth-order valence-corrected chi connectivity index (χ4v) is 1.95. The minimum atomic E-state index is -1.51. The molecular formula is C10H17NO4. The highest BCUT2D eigenvalue weighted by Crippen LogP contribution is 2.30. The van der Waals surface area contributed by atoms with Gasteiger partial charge in [-0.25, -0.2) is 4.79 Å². The van der Waals surface area contributed by atoms with E-state index in [0.717, 1.165) is 19.3 Å². The highest BCUT2D eigenvalue weighted by atomic mass is 16.4. The molecule has 0 aromatic carbocycles. The van der Waals surface area contributed by atoms with Crippen LogP contribution in [0.2, 0.25) is 0 Å². The molecule has 1 amide bonds. The number of hydrogen-bond acceptors (Lipinski definition) is 3. The van der Waals surface area contributed by atoms with E-state index in [4.69, 9.17) is 10.2 Å². The minimum absolute atomic E-state index is 0.0222. The fourth-order valence-electron chi connectivity index (χ4n) is 1.95. The van der Waals surface area contributed by atoms with E-state index < -0.39 is 12.1 Å². The van der Waals surface area contributed by atoms with Crippen LogP contribution in [0.15, 0.2) is 0 Å². The summed E-state index contributed by atoms with van der Waals surface area (Å²) in [6, 6.07) is 0. The van der Waals surface area contributed by atoms with Crippen LogP contribution >= 0.6 is 0 Å². The summed E-state index contributed by atoms with van der Waals surface area (Å²) < 4.78 is 0. The van der Waals surface area contributed by atoms with E-state index in [1.807, 2.05) is 6.92 Å². The second-order valence-electron chi connectivity index (χ2n) is 4.11. The molecule has 0 aromatic rings. The third-order valence-corrected chi connectivity index (χ3v) is 2.95. The Kier molecular flexibility index (Phi) is 4.08. The molecule has 5 heteroatoms. The molecule has 1 aliphatic rings. The number of carbonyl (C=O) groups excluding carboxylic acids is 1. The predicted octanol–water partition coefficient (Wildman–Crippen LogP) is -0.0157. The summed E-state index contributed by atoms with van der Waals surface area (Å²) in [4.78, 5) is 21.9. The summed E-state index contributed by atoms with van der Waals surface area (Å²) in [6.45, 7) is 1.81. The molecule has 0 heterocycles. The highest BCUT2D eigenvalue weighted by molar-refractivity contribution is 5.80. The van der Waals surface area contributed by atoms with Gasteiger partial charge in [0.05, 0.1) is 6.54 Å². The maximum absolute atomic E-state index is 11.6. The lowest BCUT2D eigenvalue weighted by Crippen LogP contribution is -2.40. The number of carboxylic acids is 1. The quantitative estimate of drug-likeness (QED) is 0.615. The van der Waals surface area contributed by atoms with Crippen LogP contribution in [0.4, 0.5) is 0 Å². The van der Waals surface area contributed by atoms with E-state index in [2.05, 4.69) is 5.32 Å². The summed E-state index contributed by atoms with van der Waals surface area (Å²) in [7, 11) is 0. The Labute approximate surface area is 88.5 Å². The van der Waals surface area contributed by atoms with Gasteiger partial charge in [0.1, 0.15) is 0 Å². The molecular weight excluding hydrogens is 198 g/mol. The second kappa shape index (κ2) is 5.11. The Balaban J connectivity index is 2.32. The topological polar surface area (TPSA) is 86.6 Å². The van der Waals surface area contributed by atoms with Crippen molar-refractivity contribution in [3.05, 3.63) is 0 Å². The molecule has 86 valence electrons. The van der Waals surface area contributed by atoms with Crippen molar-refractivity contribution in [1.29, 1.82) is 0 Å². The smallest absolute Gasteiger partial charge is 0.334 e. The number of rotatable bonds is 4. The zero-order chi connectivity index (χ0) is 11.4. The van der Waals surface area contributed by atoms with Crippen molar-refractivity contribution >= 4 is 11.9 Å². The van der Waals surface area contributed by atoms with Crippen molar-refractivity contribution in [3.8, 4) is 0 Å². The van der Waals surface area contributed by atoms with Crippen LogP contribution in [0.5, 0.6) is 0 Å². The van der Waals surface area contributed by atoms with Gasteiger partial charge in [-0.1, -0.05) is 13.3 Å². The highest BCUT2D eigenvalue weighted by Gasteiger charge is 2.29. The summed E-state index contributed by atoms with van der Waals surface area (Å²) >= 11 is 0. The predicted molar refractivity (Wildman–Crippen MR) is 53.2 cm³/mol. The molecule has 3 N–H and O–H groups in total. The lowest BCUT2D eigenvalue weighted by molar-refractivity contribution is -0.146. The van der Waals surface area contributed by atoms with Crippen LogP contribution in [0.3, 0.4) is 0 Å².